The third kappa shape index (κ3) is 4.97. The molecule has 31 heavy (non-hydrogen) atoms. The number of halogens is 3. The minimum absolute atomic E-state index is 0.233. The van der Waals surface area contributed by atoms with Gasteiger partial charge < -0.3 is 10.3 Å². The van der Waals surface area contributed by atoms with Gasteiger partial charge in [-0.2, -0.15) is 0 Å². The number of hydrogen-bond donors (Lipinski definition) is 2. The molecular formula is C23H14Cl3N3O2. The molecule has 0 saturated carbocycles. The van der Waals surface area contributed by atoms with Crippen LogP contribution < -0.4 is 10.9 Å². The Morgan fingerprint density at radius 1 is 0.968 bits per heavy atom. The molecule has 0 spiro atoms. The lowest BCUT2D eigenvalue weighted by molar-refractivity contribution is 0.102. The highest BCUT2D eigenvalue weighted by Crippen LogP contribution is 2.23. The SMILES string of the molecule is O=C(Nc1cccc(/C=C(/Cl)c2nc3ccc(Cl)cc3c(=O)[nH]2)c1)c1ccc(Cl)cc1. The molecule has 0 aliphatic heterocycles. The first kappa shape index (κ1) is 21.1. The van der Waals surface area contributed by atoms with E-state index in [1.807, 2.05) is 6.07 Å². The number of rotatable bonds is 4. The fourth-order valence-electron chi connectivity index (χ4n) is 2.95. The molecule has 0 bridgehead atoms. The van der Waals surface area contributed by atoms with Gasteiger partial charge in [-0.25, -0.2) is 4.98 Å². The molecule has 0 fully saturated rings. The first-order chi connectivity index (χ1) is 14.9. The minimum atomic E-state index is -0.335. The van der Waals surface area contributed by atoms with Crippen molar-refractivity contribution in [2.24, 2.45) is 0 Å². The number of hydrogen-bond acceptors (Lipinski definition) is 3. The van der Waals surface area contributed by atoms with E-state index in [0.29, 0.717) is 32.2 Å². The molecule has 5 nitrogen and oxygen atoms in total. The summed E-state index contributed by atoms with van der Waals surface area (Å²) in [5.74, 6) is -0.0276. The maximum Gasteiger partial charge on any atom is 0.259 e. The van der Waals surface area contributed by atoms with Gasteiger partial charge in [0, 0.05) is 21.3 Å². The summed E-state index contributed by atoms with van der Waals surface area (Å²) in [5.41, 5.74) is 1.95. The third-order valence-electron chi connectivity index (χ3n) is 4.44. The van der Waals surface area contributed by atoms with Crippen LogP contribution in [0.2, 0.25) is 10.0 Å². The quantitative estimate of drug-likeness (QED) is 0.372. The Morgan fingerprint density at radius 2 is 1.71 bits per heavy atom. The van der Waals surface area contributed by atoms with E-state index in [1.54, 1.807) is 66.7 Å². The van der Waals surface area contributed by atoms with Crippen molar-refractivity contribution in [3.8, 4) is 0 Å². The fraction of sp³-hybridized carbons (Fsp3) is 0. The monoisotopic (exact) mass is 469 g/mol. The number of aromatic amines is 1. The molecule has 1 heterocycles. The van der Waals surface area contributed by atoms with Crippen LogP contribution in [0.1, 0.15) is 21.7 Å². The number of nitrogens with zero attached hydrogens (tertiary/aromatic N) is 1. The van der Waals surface area contributed by atoms with E-state index in [4.69, 9.17) is 34.8 Å². The highest BCUT2D eigenvalue weighted by molar-refractivity contribution is 6.50. The molecule has 4 rings (SSSR count). The Labute approximate surface area is 192 Å². The largest absolute Gasteiger partial charge is 0.322 e. The second-order valence-electron chi connectivity index (χ2n) is 6.65. The molecule has 1 aromatic heterocycles. The summed E-state index contributed by atoms with van der Waals surface area (Å²) in [4.78, 5) is 31.8. The first-order valence-corrected chi connectivity index (χ1v) is 10.3. The van der Waals surface area contributed by atoms with Gasteiger partial charge in [-0.1, -0.05) is 46.9 Å². The Kier molecular flexibility index (Phi) is 6.09. The highest BCUT2D eigenvalue weighted by atomic mass is 35.5. The molecule has 0 saturated heterocycles. The van der Waals surface area contributed by atoms with Crippen LogP contribution in [0.5, 0.6) is 0 Å². The van der Waals surface area contributed by atoms with E-state index in [2.05, 4.69) is 15.3 Å². The number of nitrogens with one attached hydrogen (secondary N) is 2. The van der Waals surface area contributed by atoms with E-state index in [-0.39, 0.29) is 22.3 Å². The molecule has 1 amide bonds. The first-order valence-electron chi connectivity index (χ1n) is 9.13. The smallest absolute Gasteiger partial charge is 0.259 e. The Hall–Kier alpha value is -3.12. The molecule has 4 aromatic rings. The lowest BCUT2D eigenvalue weighted by Crippen LogP contribution is -2.11. The maximum atomic E-state index is 12.4. The zero-order valence-electron chi connectivity index (χ0n) is 15.8. The maximum absolute atomic E-state index is 12.4. The molecule has 2 N–H and O–H groups in total. The third-order valence-corrected chi connectivity index (χ3v) is 5.21. The summed E-state index contributed by atoms with van der Waals surface area (Å²) in [6.45, 7) is 0. The van der Waals surface area contributed by atoms with Crippen LogP contribution in [-0.2, 0) is 0 Å². The normalized spacial score (nSPS) is 11.5. The van der Waals surface area contributed by atoms with Gasteiger partial charge in [0.25, 0.3) is 11.5 Å². The predicted octanol–water partition coefficient (Wildman–Crippen LogP) is 6.22. The molecule has 0 atom stereocenters. The number of benzene rings is 3. The number of carbonyl (C=O) groups excluding carboxylic acids is 1. The summed E-state index contributed by atoms with van der Waals surface area (Å²) >= 11 is 18.2. The number of anilines is 1. The molecular weight excluding hydrogens is 457 g/mol. The predicted molar refractivity (Wildman–Crippen MR) is 127 cm³/mol. The number of aromatic nitrogens is 2. The van der Waals surface area contributed by atoms with Crippen LogP contribution >= 0.6 is 34.8 Å². The van der Waals surface area contributed by atoms with E-state index in [1.165, 1.54) is 0 Å². The van der Waals surface area contributed by atoms with Crippen LogP contribution in [-0.4, -0.2) is 15.9 Å². The van der Waals surface area contributed by atoms with Crippen molar-refractivity contribution in [1.29, 1.82) is 0 Å². The molecule has 0 unspecified atom stereocenters. The van der Waals surface area contributed by atoms with Crippen LogP contribution in [0.25, 0.3) is 22.0 Å². The second-order valence-corrected chi connectivity index (χ2v) is 7.93. The van der Waals surface area contributed by atoms with Gasteiger partial charge in [0.1, 0.15) is 0 Å². The average molecular weight is 471 g/mol. The summed E-state index contributed by atoms with van der Waals surface area (Å²) in [5, 5.41) is 4.46. The van der Waals surface area contributed by atoms with Crippen molar-refractivity contribution in [3.63, 3.8) is 0 Å². The van der Waals surface area contributed by atoms with Crippen LogP contribution in [0.4, 0.5) is 5.69 Å². The van der Waals surface area contributed by atoms with Crippen molar-refractivity contribution in [3.05, 3.63) is 104 Å². The number of H-pyrrole nitrogens is 1. The van der Waals surface area contributed by atoms with Crippen LogP contribution in [0.3, 0.4) is 0 Å². The van der Waals surface area contributed by atoms with Gasteiger partial charge in [0.15, 0.2) is 5.82 Å². The van der Waals surface area contributed by atoms with Crippen molar-refractivity contribution < 1.29 is 4.79 Å². The van der Waals surface area contributed by atoms with E-state index in [0.717, 1.165) is 5.56 Å². The standard InChI is InChI=1S/C23H14Cl3N3O2/c24-15-6-4-14(5-7-15)22(30)27-17-3-1-2-13(10-17)11-19(26)21-28-20-9-8-16(25)12-18(20)23(31)29-21/h1-12H,(H,27,30)(H,28,29,31)/b19-11+. The summed E-state index contributed by atoms with van der Waals surface area (Å²) in [6.07, 6.45) is 1.65. The van der Waals surface area contributed by atoms with Crippen LogP contribution in [0, 0.1) is 0 Å². The molecule has 3 aromatic carbocycles. The highest BCUT2D eigenvalue weighted by Gasteiger charge is 2.09. The topological polar surface area (TPSA) is 74.8 Å². The van der Waals surface area contributed by atoms with Crippen molar-refractivity contribution >= 4 is 68.4 Å². The van der Waals surface area contributed by atoms with Gasteiger partial charge in [0.05, 0.1) is 15.9 Å². The Morgan fingerprint density at radius 3 is 2.48 bits per heavy atom. The van der Waals surface area contributed by atoms with E-state index >= 15 is 0 Å². The summed E-state index contributed by atoms with van der Waals surface area (Å²) in [6, 6.07) is 18.6. The van der Waals surface area contributed by atoms with Crippen molar-refractivity contribution in [2.75, 3.05) is 5.32 Å². The molecule has 8 heteroatoms. The fourth-order valence-corrected chi connectivity index (χ4v) is 3.46. The van der Waals surface area contributed by atoms with E-state index < -0.39 is 0 Å². The number of carbonyl (C=O) groups is 1. The zero-order chi connectivity index (χ0) is 22.0. The van der Waals surface area contributed by atoms with Crippen molar-refractivity contribution in [2.45, 2.75) is 0 Å². The molecule has 0 aliphatic rings. The van der Waals surface area contributed by atoms with Gasteiger partial charge in [-0.15, -0.1) is 0 Å². The van der Waals surface area contributed by atoms with Gasteiger partial charge in [-0.05, 0) is 66.2 Å². The lowest BCUT2D eigenvalue weighted by atomic mass is 10.1. The van der Waals surface area contributed by atoms with Crippen LogP contribution in [0.15, 0.2) is 71.5 Å². The zero-order valence-corrected chi connectivity index (χ0v) is 18.1. The average Bonchev–Trinajstić information content (AvgIpc) is 2.74. The minimum Gasteiger partial charge on any atom is -0.322 e. The number of fused-ring (bicyclic) bond motifs is 1. The summed E-state index contributed by atoms with van der Waals surface area (Å²) < 4.78 is 0. The number of amides is 1. The van der Waals surface area contributed by atoms with Crippen molar-refractivity contribution in [1.82, 2.24) is 9.97 Å². The molecule has 0 aliphatic carbocycles. The Bertz CT molecular complexity index is 1380. The van der Waals surface area contributed by atoms with Gasteiger partial charge in [-0.3, -0.25) is 9.59 Å². The lowest BCUT2D eigenvalue weighted by Gasteiger charge is -2.07. The van der Waals surface area contributed by atoms with Gasteiger partial charge in [0.2, 0.25) is 0 Å². The van der Waals surface area contributed by atoms with E-state index in [9.17, 15) is 9.59 Å². The second kappa shape index (κ2) is 8.94. The Balaban J connectivity index is 1.59. The molecule has 0 radical (unpaired) electrons. The van der Waals surface area contributed by atoms with Gasteiger partial charge >= 0.3 is 0 Å². The molecule has 154 valence electrons. The summed E-state index contributed by atoms with van der Waals surface area (Å²) in [7, 11) is 0.